The predicted octanol–water partition coefficient (Wildman–Crippen LogP) is 2.89. The lowest BCUT2D eigenvalue weighted by molar-refractivity contribution is -0.146. The fourth-order valence-electron chi connectivity index (χ4n) is 2.19. The second kappa shape index (κ2) is 7.70. The highest BCUT2D eigenvalue weighted by Crippen LogP contribution is 2.34. The molecule has 1 aliphatic carbocycles. The van der Waals surface area contributed by atoms with Crippen molar-refractivity contribution in [3.05, 3.63) is 0 Å². The molecule has 100 valence electrons. The van der Waals surface area contributed by atoms with Crippen LogP contribution in [0.2, 0.25) is 0 Å². The van der Waals surface area contributed by atoms with Gasteiger partial charge in [-0.2, -0.15) is 0 Å². The summed E-state index contributed by atoms with van der Waals surface area (Å²) in [6, 6.07) is 0.368. The zero-order chi connectivity index (χ0) is 12.7. The number of carbonyl (C=O) groups is 1. The van der Waals surface area contributed by atoms with E-state index in [4.69, 9.17) is 4.74 Å². The van der Waals surface area contributed by atoms with Crippen molar-refractivity contribution in [2.45, 2.75) is 71.4 Å². The number of esters is 1. The molecule has 2 unspecified atom stereocenters. The van der Waals surface area contributed by atoms with Crippen LogP contribution in [0.3, 0.4) is 0 Å². The molecule has 0 amide bonds. The molecule has 3 nitrogen and oxygen atoms in total. The van der Waals surface area contributed by atoms with Gasteiger partial charge in [0, 0.05) is 6.04 Å². The van der Waals surface area contributed by atoms with Gasteiger partial charge >= 0.3 is 5.97 Å². The second-order valence-electron chi connectivity index (χ2n) is 5.04. The molecule has 2 atom stereocenters. The summed E-state index contributed by atoms with van der Waals surface area (Å²) in [5, 5.41) is 3.49. The smallest absolute Gasteiger partial charge is 0.323 e. The predicted molar refractivity (Wildman–Crippen MR) is 69.9 cm³/mol. The summed E-state index contributed by atoms with van der Waals surface area (Å²) in [5.74, 6) is 0.820. The molecule has 1 saturated carbocycles. The number of hydrogen-bond acceptors (Lipinski definition) is 3. The van der Waals surface area contributed by atoms with E-state index in [0.29, 0.717) is 12.6 Å². The lowest BCUT2D eigenvalue weighted by atomic mass is 10.0. The van der Waals surface area contributed by atoms with Crippen LogP contribution in [0.4, 0.5) is 0 Å². The van der Waals surface area contributed by atoms with Crippen LogP contribution in [0.25, 0.3) is 0 Å². The third kappa shape index (κ3) is 5.53. The Bertz CT molecular complexity index is 226. The van der Waals surface area contributed by atoms with E-state index in [1.807, 2.05) is 6.92 Å². The Morgan fingerprint density at radius 3 is 2.53 bits per heavy atom. The van der Waals surface area contributed by atoms with Crippen LogP contribution in [-0.2, 0) is 9.53 Å². The van der Waals surface area contributed by atoms with E-state index >= 15 is 0 Å². The summed E-state index contributed by atoms with van der Waals surface area (Å²) in [5.41, 5.74) is 0. The summed E-state index contributed by atoms with van der Waals surface area (Å²) in [6.45, 7) is 6.63. The standard InChI is InChI=1S/C14H27NO2/c1-4-7-13(14(16)17-6-3)15-12(5-2)10-11-8-9-11/h11-13,15H,4-10H2,1-3H3. The minimum atomic E-state index is -0.108. The van der Waals surface area contributed by atoms with Crippen LogP contribution < -0.4 is 5.32 Å². The van der Waals surface area contributed by atoms with E-state index in [0.717, 1.165) is 25.2 Å². The van der Waals surface area contributed by atoms with Crippen LogP contribution in [0.1, 0.15) is 59.3 Å². The lowest BCUT2D eigenvalue weighted by Crippen LogP contribution is -2.44. The summed E-state index contributed by atoms with van der Waals surface area (Å²) in [6.07, 6.45) is 6.94. The highest BCUT2D eigenvalue weighted by atomic mass is 16.5. The van der Waals surface area contributed by atoms with Gasteiger partial charge in [0.25, 0.3) is 0 Å². The van der Waals surface area contributed by atoms with Crippen LogP contribution in [0, 0.1) is 5.92 Å². The van der Waals surface area contributed by atoms with Crippen LogP contribution >= 0.6 is 0 Å². The average molecular weight is 241 g/mol. The first kappa shape index (κ1) is 14.5. The number of hydrogen-bond donors (Lipinski definition) is 1. The molecule has 0 aromatic heterocycles. The third-order valence-electron chi connectivity index (χ3n) is 3.39. The molecule has 1 fully saturated rings. The van der Waals surface area contributed by atoms with Crippen LogP contribution in [-0.4, -0.2) is 24.7 Å². The lowest BCUT2D eigenvalue weighted by Gasteiger charge is -2.23. The molecule has 0 spiro atoms. The minimum absolute atomic E-state index is 0.0800. The zero-order valence-electron chi connectivity index (χ0n) is 11.5. The van der Waals surface area contributed by atoms with Gasteiger partial charge in [-0.15, -0.1) is 0 Å². The molecule has 3 heteroatoms. The highest BCUT2D eigenvalue weighted by Gasteiger charge is 2.27. The molecule has 0 radical (unpaired) electrons. The van der Waals surface area contributed by atoms with Crippen molar-refractivity contribution < 1.29 is 9.53 Å². The van der Waals surface area contributed by atoms with Crippen LogP contribution in [0.15, 0.2) is 0 Å². The maximum atomic E-state index is 11.8. The van der Waals surface area contributed by atoms with Gasteiger partial charge in [0.05, 0.1) is 6.61 Å². The van der Waals surface area contributed by atoms with Gasteiger partial charge in [0.15, 0.2) is 0 Å². The molecule has 0 aliphatic heterocycles. The molecule has 0 bridgehead atoms. The van der Waals surface area contributed by atoms with Crippen molar-refractivity contribution in [3.8, 4) is 0 Å². The molecule has 0 aromatic carbocycles. The fraction of sp³-hybridized carbons (Fsp3) is 0.929. The Balaban J connectivity index is 2.40. The van der Waals surface area contributed by atoms with Gasteiger partial charge in [-0.1, -0.05) is 33.1 Å². The molecule has 1 rings (SSSR count). The maximum absolute atomic E-state index is 11.8. The third-order valence-corrected chi connectivity index (χ3v) is 3.39. The number of carbonyl (C=O) groups excluding carboxylic acids is 1. The molecular formula is C14H27NO2. The largest absolute Gasteiger partial charge is 0.465 e. The molecular weight excluding hydrogens is 214 g/mol. The molecule has 0 saturated heterocycles. The van der Waals surface area contributed by atoms with Gasteiger partial charge in [0.2, 0.25) is 0 Å². The molecule has 1 N–H and O–H groups in total. The topological polar surface area (TPSA) is 38.3 Å². The van der Waals surface area contributed by atoms with Gasteiger partial charge < -0.3 is 10.1 Å². The summed E-state index contributed by atoms with van der Waals surface area (Å²) in [7, 11) is 0. The first-order valence-electron chi connectivity index (χ1n) is 7.13. The van der Waals surface area contributed by atoms with E-state index in [1.165, 1.54) is 19.3 Å². The Morgan fingerprint density at radius 2 is 2.06 bits per heavy atom. The SMILES string of the molecule is CCCC(NC(CC)CC1CC1)C(=O)OCC. The second-order valence-corrected chi connectivity index (χ2v) is 5.04. The van der Waals surface area contributed by atoms with Crippen molar-refractivity contribution in [2.24, 2.45) is 5.92 Å². The Hall–Kier alpha value is -0.570. The minimum Gasteiger partial charge on any atom is -0.465 e. The molecule has 0 aromatic rings. The summed E-state index contributed by atoms with van der Waals surface area (Å²) in [4.78, 5) is 11.8. The summed E-state index contributed by atoms with van der Waals surface area (Å²) < 4.78 is 5.12. The quantitative estimate of drug-likeness (QED) is 0.631. The monoisotopic (exact) mass is 241 g/mol. The van der Waals surface area contributed by atoms with E-state index in [-0.39, 0.29) is 12.0 Å². The van der Waals surface area contributed by atoms with Crippen molar-refractivity contribution in [1.29, 1.82) is 0 Å². The number of rotatable bonds is 9. The molecule has 17 heavy (non-hydrogen) atoms. The Labute approximate surface area is 105 Å². The van der Waals surface area contributed by atoms with Gasteiger partial charge in [-0.05, 0) is 32.1 Å². The van der Waals surface area contributed by atoms with Crippen LogP contribution in [0.5, 0.6) is 0 Å². The maximum Gasteiger partial charge on any atom is 0.323 e. The first-order chi connectivity index (χ1) is 8.21. The Morgan fingerprint density at radius 1 is 1.35 bits per heavy atom. The van der Waals surface area contributed by atoms with E-state index in [1.54, 1.807) is 0 Å². The van der Waals surface area contributed by atoms with Crippen molar-refractivity contribution in [1.82, 2.24) is 5.32 Å². The Kier molecular flexibility index (Phi) is 6.56. The van der Waals surface area contributed by atoms with E-state index in [9.17, 15) is 4.79 Å². The molecule has 1 aliphatic rings. The van der Waals surface area contributed by atoms with Gasteiger partial charge in [-0.25, -0.2) is 0 Å². The average Bonchev–Trinajstić information content (AvgIpc) is 3.11. The van der Waals surface area contributed by atoms with E-state index < -0.39 is 0 Å². The fourth-order valence-corrected chi connectivity index (χ4v) is 2.19. The normalized spacial score (nSPS) is 18.8. The van der Waals surface area contributed by atoms with Crippen molar-refractivity contribution >= 4 is 5.97 Å². The molecule has 0 heterocycles. The highest BCUT2D eigenvalue weighted by molar-refractivity contribution is 5.75. The van der Waals surface area contributed by atoms with Crippen molar-refractivity contribution in [3.63, 3.8) is 0 Å². The van der Waals surface area contributed by atoms with E-state index in [2.05, 4.69) is 19.2 Å². The van der Waals surface area contributed by atoms with Crippen molar-refractivity contribution in [2.75, 3.05) is 6.61 Å². The van der Waals surface area contributed by atoms with Gasteiger partial charge in [-0.3, -0.25) is 4.79 Å². The first-order valence-corrected chi connectivity index (χ1v) is 7.13. The van der Waals surface area contributed by atoms with Gasteiger partial charge in [0.1, 0.15) is 6.04 Å². The zero-order valence-corrected chi connectivity index (χ0v) is 11.5. The summed E-state index contributed by atoms with van der Waals surface area (Å²) >= 11 is 0. The number of nitrogens with one attached hydrogen (secondary N) is 1. The number of ether oxygens (including phenoxy) is 1.